The number of ketones is 1. The van der Waals surface area contributed by atoms with Crippen molar-refractivity contribution >= 4 is 103 Å². The molecule has 0 amide bonds. The van der Waals surface area contributed by atoms with E-state index in [-0.39, 0.29) is 117 Å². The molecule has 0 spiro atoms. The van der Waals surface area contributed by atoms with E-state index in [1.54, 1.807) is 30.5 Å². The molecule has 7 N–H and O–H groups in total. The van der Waals surface area contributed by atoms with Crippen molar-refractivity contribution in [3.8, 4) is 0 Å². The number of furan rings is 2. The number of nitrogens with zero attached hydrogens (tertiary/aromatic N) is 1. The third-order valence-corrected chi connectivity index (χ3v) is 35.5. The zero-order valence-corrected chi connectivity index (χ0v) is 68.6. The van der Waals surface area contributed by atoms with Gasteiger partial charge >= 0.3 is 61.5 Å². The monoisotopic (exact) mass is 1540 g/mol. The van der Waals surface area contributed by atoms with Gasteiger partial charge in [0.05, 0.1) is 25.7 Å². The summed E-state index contributed by atoms with van der Waals surface area (Å²) in [7, 11) is -2.48. The number of hydrogen-bond donors (Lipinski definition) is 6. The summed E-state index contributed by atoms with van der Waals surface area (Å²) in [6.07, 6.45) is 12.6. The molecule has 2 aromatic rings. The van der Waals surface area contributed by atoms with E-state index < -0.39 is 63.0 Å². The molecule has 6 heterocycles. The molecule has 1 unspecified atom stereocenters. The number of carbonyl (C=O) groups excluding carboxylic acids is 4. The first-order valence-electron chi connectivity index (χ1n) is 30.3. The fraction of sp³-hybridized carbons (Fsp3) is 0.683. The average Bonchev–Trinajstić information content (AvgIpc) is 1.24. The topological polar surface area (TPSA) is 304 Å². The minimum Gasteiger partial charge on any atom is -1.00 e. The van der Waals surface area contributed by atoms with Crippen molar-refractivity contribution in [3.05, 3.63) is 96.9 Å². The van der Waals surface area contributed by atoms with Crippen molar-refractivity contribution in [3.63, 3.8) is 0 Å². The summed E-state index contributed by atoms with van der Waals surface area (Å²) in [5.74, 6) is -0.00220. The quantitative estimate of drug-likeness (QED) is 0.0271. The van der Waals surface area contributed by atoms with Crippen LogP contribution in [0.4, 0.5) is 0 Å². The molecule has 2 aromatic heterocycles. The Morgan fingerprint density at radius 1 is 0.624 bits per heavy atom. The maximum atomic E-state index is 11.2. The van der Waals surface area contributed by atoms with Crippen LogP contribution in [0.2, 0.25) is 72.5 Å². The first kappa shape index (κ1) is 99.8. The smallest absolute Gasteiger partial charge is 1.00 e. The molecule has 93 heavy (non-hydrogen) atoms. The van der Waals surface area contributed by atoms with E-state index in [0.29, 0.717) is 41.3 Å². The van der Waals surface area contributed by atoms with Crippen molar-refractivity contribution in [2.75, 3.05) is 18.5 Å². The van der Waals surface area contributed by atoms with E-state index in [9.17, 15) is 24.3 Å². The van der Waals surface area contributed by atoms with Gasteiger partial charge in [0.25, 0.3) is 0 Å². The number of halogens is 3. The molecule has 0 saturated carbocycles. The van der Waals surface area contributed by atoms with Gasteiger partial charge in [0.15, 0.2) is 44.4 Å². The van der Waals surface area contributed by atoms with E-state index in [2.05, 4.69) is 176 Å². The molecule has 20 nitrogen and oxygen atoms in total. The second-order valence-corrected chi connectivity index (χ2v) is 50.0. The molecule has 4 aliphatic rings. The second-order valence-electron chi connectivity index (χ2n) is 27.5. The van der Waals surface area contributed by atoms with Crippen LogP contribution in [0.1, 0.15) is 147 Å². The van der Waals surface area contributed by atoms with E-state index >= 15 is 0 Å². The summed E-state index contributed by atoms with van der Waals surface area (Å²) in [4.78, 5) is 43.8. The van der Waals surface area contributed by atoms with Crippen molar-refractivity contribution in [2.45, 2.75) is 257 Å². The zero-order chi connectivity index (χ0) is 70.5. The Hall–Kier alpha value is -1.87. The molecule has 4 aliphatic heterocycles. The van der Waals surface area contributed by atoms with Crippen molar-refractivity contribution in [2.24, 2.45) is 4.30 Å². The average molecular weight is 1550 g/mol. The maximum Gasteiger partial charge on any atom is 1.00 e. The summed E-state index contributed by atoms with van der Waals surface area (Å²) in [6.45, 7) is 49.6. The summed E-state index contributed by atoms with van der Waals surface area (Å²) in [6, 6.07) is 6.81. The number of ether oxygens (including phenoxy) is 4. The molecule has 0 aromatic carbocycles. The van der Waals surface area contributed by atoms with Crippen LogP contribution < -0.4 is 35.8 Å². The van der Waals surface area contributed by atoms with Gasteiger partial charge in [-0.2, -0.15) is 11.1 Å². The van der Waals surface area contributed by atoms with Gasteiger partial charge in [0.1, 0.15) is 66.5 Å². The number of hydrogen-bond acceptors (Lipinski definition) is 20. The number of aliphatic hydroxyl groups is 5. The standard InChI is InChI=1S/C13H24O3Si.C12H21BrO3Si.C12H22O3Si.2C7H10O3.C6H15ClSi.C6H8O3.BHNS.BrH.Li.H2O/c1-7-10-11(8-9-12(14)15-10)16-17(5,6)13(2,3)4;1-12(2,3)17(4,5)16-9-6-7-11(14)15-10(9)8-13;1-12(2,3)16(4,5)15-9-10(13)11-7-6-8-14-11;2*1-2-6-5(8)3-4-7(9)10-6;1-6(2,3)8(4,5)7;7-4-5(8)6-2-1-3-9-6;1-2-3;;;/h8-11H,7H2,1-6H3;6-7,9-10H,8H2,1-5H3;6-8,10,13H,9H2,1-5H3;3-4,6-7,9H,2H2,1H3;3-6,8H,2H2,1H3;1-5H3;1-3,5,7-8H,4H2;3H;1H;;1H2/q;;;;;;;;;+1;/p-1/t10-,11-;9-,10-;10-;6-,7?;5-,6-;;5-;;;;/m11011.0..../s1. The van der Waals surface area contributed by atoms with E-state index in [4.69, 9.17) is 72.6 Å². The van der Waals surface area contributed by atoms with Crippen LogP contribution in [0.5, 0.6) is 0 Å². The van der Waals surface area contributed by atoms with Gasteiger partial charge in [-0.3, -0.25) is 4.79 Å². The number of rotatable bonds is 14. The minimum atomic E-state index is -1.84. The largest absolute Gasteiger partial charge is 1.00 e. The summed E-state index contributed by atoms with van der Waals surface area (Å²) < 4.78 is 51.2. The van der Waals surface area contributed by atoms with Gasteiger partial charge in [-0.15, -0.1) is 0 Å². The molecular weight excluding hydrogens is 1430 g/mol. The number of carbonyl (C=O) groups is 4. The van der Waals surface area contributed by atoms with E-state index in [1.165, 1.54) is 42.7 Å². The molecule has 6 rings (SSSR count). The zero-order valence-electron chi connectivity index (χ0n) is 59.7. The predicted molar refractivity (Wildman–Crippen MR) is 378 cm³/mol. The Labute approximate surface area is 602 Å². The third-order valence-electron chi connectivity index (χ3n) is 16.1. The van der Waals surface area contributed by atoms with Gasteiger partial charge < -0.3 is 89.1 Å². The second kappa shape index (κ2) is 46.5. The molecule has 0 fully saturated rings. The Kier molecular flexibility index (Phi) is 49.9. The molecule has 1 radical (unpaired) electrons. The Morgan fingerprint density at radius 2 is 0.989 bits per heavy atom. The molecule has 0 saturated heterocycles. The molecule has 30 heteroatoms. The van der Waals surface area contributed by atoms with Crippen molar-refractivity contribution in [1.82, 2.24) is 0 Å². The SMILES string of the molecule is CC(C)(C)[Si](C)(C)Cl.CC(C)(C)[Si](C)(C)OC[C@H](O)c1ccco1.CC(C)(C)[Si](C)(C)O[C@@H]1C=CC(=O)O[C@@H]1CBr.CC[C@H]1OC(=O)C=C[C@H]1O.CC[C@H]1OC(=O)C=C[C@H]1O[Si](C)(C)C(C)(C)C.CC[C@H]1OC(O)C=CC1=O.O.OC[C@H](O)c1ccco1.[B]=NS.[Br-].[Li+]. The van der Waals surface area contributed by atoms with Crippen LogP contribution in [-0.4, -0.2) is 162 Å². The number of alkyl halides is 1. The molecular formula is C63H113BBr2ClLiNO19SSi4. The number of esters is 3. The fourth-order valence-corrected chi connectivity index (χ4v) is 10.2. The van der Waals surface area contributed by atoms with Crippen molar-refractivity contribution < 1.29 is 127 Å². The van der Waals surface area contributed by atoms with Crippen LogP contribution in [0.15, 0.2) is 98.5 Å². The minimum absolute atomic E-state index is 0. The first-order chi connectivity index (χ1) is 41.1. The van der Waals surface area contributed by atoms with Gasteiger partial charge in [-0.25, -0.2) is 14.4 Å². The molecule has 531 valence electrons. The van der Waals surface area contributed by atoms with Crippen LogP contribution in [0.25, 0.3) is 0 Å². The summed E-state index contributed by atoms with van der Waals surface area (Å²) in [5.41, 5.74) is 0. The van der Waals surface area contributed by atoms with E-state index in [0.717, 1.165) is 6.42 Å². The Bertz CT molecular complexity index is 2440. The Morgan fingerprint density at radius 3 is 1.30 bits per heavy atom. The molecule has 10 atom stereocenters. The summed E-state index contributed by atoms with van der Waals surface area (Å²) in [5, 5.41) is 46.5. The maximum absolute atomic E-state index is 11.2. The van der Waals surface area contributed by atoms with Crippen LogP contribution in [-0.2, 0) is 51.4 Å². The third kappa shape index (κ3) is 38.9. The summed E-state index contributed by atoms with van der Waals surface area (Å²) >= 11 is 12.7. The fourth-order valence-electron chi connectivity index (χ4n) is 6.19. The first-order valence-corrected chi connectivity index (χ1v) is 44.5. The van der Waals surface area contributed by atoms with Crippen LogP contribution in [0.3, 0.4) is 0 Å². The molecule has 0 aliphatic carbocycles. The number of thiol groups is 1. The van der Waals surface area contributed by atoms with Gasteiger partial charge in [-0.05, 0) is 133 Å². The van der Waals surface area contributed by atoms with Gasteiger partial charge in [0.2, 0.25) is 0 Å². The number of aliphatic hydroxyl groups excluding tert-OH is 5. The predicted octanol–water partition coefficient (Wildman–Crippen LogP) is 7.24. The number of cyclic esters (lactones) is 3. The van der Waals surface area contributed by atoms with Gasteiger partial charge in [-0.1, -0.05) is 133 Å². The van der Waals surface area contributed by atoms with E-state index in [1.807, 2.05) is 32.9 Å². The Balaban J connectivity index is -0.000000325. The molecule has 0 bridgehead atoms. The van der Waals surface area contributed by atoms with Gasteiger partial charge in [0, 0.05) is 23.6 Å². The van der Waals surface area contributed by atoms with Crippen LogP contribution >= 0.6 is 39.8 Å². The van der Waals surface area contributed by atoms with Crippen molar-refractivity contribution in [1.29, 1.82) is 0 Å². The normalized spacial score (nSPS) is 21.7. The van der Waals surface area contributed by atoms with Crippen LogP contribution in [0, 0.1) is 0 Å².